The Hall–Kier alpha value is -3.34. The summed E-state index contributed by atoms with van der Waals surface area (Å²) in [7, 11) is 0. The molecule has 0 radical (unpaired) electrons. The highest BCUT2D eigenvalue weighted by molar-refractivity contribution is 6.36. The molecule has 0 saturated carbocycles. The first-order chi connectivity index (χ1) is 18.6. The average Bonchev–Trinajstić information content (AvgIpc) is 2.90. The van der Waals surface area contributed by atoms with E-state index in [4.69, 9.17) is 23.2 Å². The van der Waals surface area contributed by atoms with E-state index < -0.39 is 11.6 Å². The molecule has 0 fully saturated rings. The van der Waals surface area contributed by atoms with E-state index in [0.29, 0.717) is 28.5 Å². The van der Waals surface area contributed by atoms with Gasteiger partial charge in [-0.3, -0.25) is 9.59 Å². The predicted molar refractivity (Wildman–Crippen MR) is 161 cm³/mol. The van der Waals surface area contributed by atoms with Crippen molar-refractivity contribution >= 4 is 45.8 Å². The molecule has 2 amide bonds. The van der Waals surface area contributed by atoms with Gasteiger partial charge in [-0.15, -0.1) is 0 Å². The zero-order chi connectivity index (χ0) is 28.0. The topological polar surface area (TPSA) is 49.4 Å². The fraction of sp³-hybridized carbons (Fsp3) is 0.273. The molecule has 4 rings (SSSR count). The lowest BCUT2D eigenvalue weighted by molar-refractivity contribution is -0.141. The lowest BCUT2D eigenvalue weighted by atomic mass is 9.98. The third-order valence-electron chi connectivity index (χ3n) is 6.65. The van der Waals surface area contributed by atoms with Gasteiger partial charge in [-0.2, -0.15) is 0 Å². The summed E-state index contributed by atoms with van der Waals surface area (Å²) in [4.78, 5) is 29.4. The average molecular weight is 562 g/mol. The summed E-state index contributed by atoms with van der Waals surface area (Å²) in [6.07, 6.45) is 1.15. The second-order valence-electron chi connectivity index (χ2n) is 10.8. The molecular formula is C33H34Cl2N2O2. The van der Waals surface area contributed by atoms with E-state index in [0.717, 1.165) is 21.9 Å². The second kappa shape index (κ2) is 12.7. The van der Waals surface area contributed by atoms with Crippen molar-refractivity contribution < 1.29 is 9.59 Å². The lowest BCUT2D eigenvalue weighted by Gasteiger charge is -2.34. The van der Waals surface area contributed by atoms with Gasteiger partial charge in [-0.1, -0.05) is 102 Å². The number of fused-ring (bicyclic) bond motifs is 1. The van der Waals surface area contributed by atoms with Crippen LogP contribution < -0.4 is 5.32 Å². The van der Waals surface area contributed by atoms with Crippen molar-refractivity contribution in [3.63, 3.8) is 0 Å². The monoisotopic (exact) mass is 560 g/mol. The van der Waals surface area contributed by atoms with Crippen LogP contribution in [0.15, 0.2) is 91.0 Å². The summed E-state index contributed by atoms with van der Waals surface area (Å²) in [6.45, 7) is 5.92. The van der Waals surface area contributed by atoms with Crippen LogP contribution in [0.2, 0.25) is 10.0 Å². The molecule has 4 aromatic carbocycles. The predicted octanol–water partition coefficient (Wildman–Crippen LogP) is 7.63. The number of nitrogens with zero attached hydrogens (tertiary/aromatic N) is 1. The van der Waals surface area contributed by atoms with Gasteiger partial charge in [0.2, 0.25) is 11.8 Å². The summed E-state index contributed by atoms with van der Waals surface area (Å²) >= 11 is 13.1. The van der Waals surface area contributed by atoms with Gasteiger partial charge >= 0.3 is 0 Å². The SMILES string of the molecule is CC(C)(C)NC(=O)[C@@H](Cc1ccccc1)N(Cc1c(Cl)cccc1Cl)C(=O)CCc1cccc2ccccc12. The summed E-state index contributed by atoms with van der Waals surface area (Å²) in [5.74, 6) is -0.350. The van der Waals surface area contributed by atoms with Gasteiger partial charge < -0.3 is 10.2 Å². The summed E-state index contributed by atoms with van der Waals surface area (Å²) in [5.41, 5.74) is 2.21. The fourth-order valence-electron chi connectivity index (χ4n) is 4.76. The standard InChI is InChI=1S/C33H34Cl2N2O2/c1-33(2,3)36-32(39)30(21-23-11-5-4-6-12-23)37(22-27-28(34)17-10-18-29(27)35)31(38)20-19-25-15-9-14-24-13-7-8-16-26(24)25/h4-18,30H,19-22H2,1-3H3,(H,36,39)/t30-/m1/s1. The van der Waals surface area contributed by atoms with Crippen molar-refractivity contribution in [1.82, 2.24) is 10.2 Å². The molecule has 0 spiro atoms. The number of aryl methyl sites for hydroxylation is 1. The van der Waals surface area contributed by atoms with Gasteiger partial charge in [-0.05, 0) is 61.2 Å². The third-order valence-corrected chi connectivity index (χ3v) is 7.36. The van der Waals surface area contributed by atoms with E-state index in [1.807, 2.05) is 69.3 Å². The van der Waals surface area contributed by atoms with E-state index in [9.17, 15) is 9.59 Å². The normalized spacial score (nSPS) is 12.2. The summed E-state index contributed by atoms with van der Waals surface area (Å²) in [5, 5.41) is 6.27. The smallest absolute Gasteiger partial charge is 0.243 e. The molecule has 0 saturated heterocycles. The Kier molecular flexibility index (Phi) is 9.32. The van der Waals surface area contributed by atoms with Crippen LogP contribution in [-0.2, 0) is 29.0 Å². The number of rotatable bonds is 9. The maximum atomic E-state index is 14.0. The first kappa shape index (κ1) is 28.7. The molecule has 1 atom stereocenters. The molecule has 4 nitrogen and oxygen atoms in total. The Morgan fingerprint density at radius 2 is 1.44 bits per heavy atom. The van der Waals surface area contributed by atoms with Gasteiger partial charge in [0.25, 0.3) is 0 Å². The highest BCUT2D eigenvalue weighted by atomic mass is 35.5. The molecule has 0 aliphatic rings. The minimum absolute atomic E-state index is 0.127. The van der Waals surface area contributed by atoms with Crippen LogP contribution in [0.1, 0.15) is 43.9 Å². The van der Waals surface area contributed by atoms with Crippen LogP contribution in [0.25, 0.3) is 10.8 Å². The number of hydrogen-bond acceptors (Lipinski definition) is 2. The fourth-order valence-corrected chi connectivity index (χ4v) is 5.27. The van der Waals surface area contributed by atoms with E-state index >= 15 is 0 Å². The second-order valence-corrected chi connectivity index (χ2v) is 11.6. The number of carbonyl (C=O) groups excluding carboxylic acids is 2. The number of carbonyl (C=O) groups is 2. The first-order valence-corrected chi connectivity index (χ1v) is 13.9. The minimum Gasteiger partial charge on any atom is -0.350 e. The van der Waals surface area contributed by atoms with E-state index in [1.165, 1.54) is 0 Å². The van der Waals surface area contributed by atoms with Crippen molar-refractivity contribution in [1.29, 1.82) is 0 Å². The van der Waals surface area contributed by atoms with E-state index in [2.05, 4.69) is 29.6 Å². The first-order valence-electron chi connectivity index (χ1n) is 13.2. The highest BCUT2D eigenvalue weighted by Crippen LogP contribution is 2.28. The van der Waals surface area contributed by atoms with Crippen molar-refractivity contribution in [2.24, 2.45) is 0 Å². The van der Waals surface area contributed by atoms with Crippen LogP contribution in [-0.4, -0.2) is 28.3 Å². The van der Waals surface area contributed by atoms with Crippen LogP contribution in [0.3, 0.4) is 0 Å². The third kappa shape index (κ3) is 7.62. The molecule has 6 heteroatoms. The maximum absolute atomic E-state index is 14.0. The van der Waals surface area contributed by atoms with E-state index in [1.54, 1.807) is 23.1 Å². The van der Waals surface area contributed by atoms with Crippen molar-refractivity contribution in [3.8, 4) is 0 Å². The van der Waals surface area contributed by atoms with Crippen LogP contribution >= 0.6 is 23.2 Å². The Labute approximate surface area is 240 Å². The Balaban J connectivity index is 1.70. The van der Waals surface area contributed by atoms with Gasteiger partial charge in [0.1, 0.15) is 6.04 Å². The van der Waals surface area contributed by atoms with Crippen LogP contribution in [0.5, 0.6) is 0 Å². The minimum atomic E-state index is -0.751. The molecule has 0 aliphatic heterocycles. The number of halogens is 2. The molecule has 1 N–H and O–H groups in total. The molecule has 0 unspecified atom stereocenters. The number of hydrogen-bond donors (Lipinski definition) is 1. The quantitative estimate of drug-likeness (QED) is 0.228. The van der Waals surface area contributed by atoms with Crippen molar-refractivity contribution in [3.05, 3.63) is 118 Å². The Morgan fingerprint density at radius 1 is 0.821 bits per heavy atom. The van der Waals surface area contributed by atoms with E-state index in [-0.39, 0.29) is 24.8 Å². The maximum Gasteiger partial charge on any atom is 0.243 e. The molecule has 202 valence electrons. The highest BCUT2D eigenvalue weighted by Gasteiger charge is 2.32. The zero-order valence-corrected chi connectivity index (χ0v) is 24.1. The number of nitrogens with one attached hydrogen (secondary N) is 1. The molecule has 0 aliphatic carbocycles. The Morgan fingerprint density at radius 3 is 2.13 bits per heavy atom. The number of amides is 2. The van der Waals surface area contributed by atoms with Gasteiger partial charge in [0, 0.05) is 40.5 Å². The van der Waals surface area contributed by atoms with Gasteiger partial charge in [0.15, 0.2) is 0 Å². The largest absolute Gasteiger partial charge is 0.350 e. The lowest BCUT2D eigenvalue weighted by Crippen LogP contribution is -2.54. The molecule has 4 aromatic rings. The van der Waals surface area contributed by atoms with Crippen molar-refractivity contribution in [2.75, 3.05) is 0 Å². The zero-order valence-electron chi connectivity index (χ0n) is 22.6. The van der Waals surface area contributed by atoms with Gasteiger partial charge in [-0.25, -0.2) is 0 Å². The molecule has 39 heavy (non-hydrogen) atoms. The Bertz CT molecular complexity index is 1420. The van der Waals surface area contributed by atoms with Gasteiger partial charge in [0.05, 0.1) is 0 Å². The summed E-state index contributed by atoms with van der Waals surface area (Å²) in [6, 6.07) is 28.6. The molecular weight excluding hydrogens is 527 g/mol. The summed E-state index contributed by atoms with van der Waals surface area (Å²) < 4.78 is 0. The van der Waals surface area contributed by atoms with Crippen molar-refractivity contribution in [2.45, 2.75) is 58.2 Å². The van der Waals surface area contributed by atoms with Crippen LogP contribution in [0.4, 0.5) is 0 Å². The van der Waals surface area contributed by atoms with Crippen LogP contribution in [0, 0.1) is 0 Å². The number of benzene rings is 4. The molecule has 0 heterocycles. The molecule has 0 aromatic heterocycles. The molecule has 0 bridgehead atoms.